The van der Waals surface area contributed by atoms with Gasteiger partial charge in [-0.1, -0.05) is 11.2 Å². The first-order valence-electron chi connectivity index (χ1n) is 10.1. The van der Waals surface area contributed by atoms with Gasteiger partial charge in [0.1, 0.15) is 17.4 Å². The quantitative estimate of drug-likeness (QED) is 0.487. The van der Waals surface area contributed by atoms with Gasteiger partial charge in [-0.2, -0.15) is 0 Å². The van der Waals surface area contributed by atoms with Crippen LogP contribution in [-0.4, -0.2) is 28.2 Å². The van der Waals surface area contributed by atoms with E-state index in [2.05, 4.69) is 20.8 Å². The zero-order valence-electron chi connectivity index (χ0n) is 17.5. The lowest BCUT2D eigenvalue weighted by atomic mass is 9.95. The maximum atomic E-state index is 12.3. The molecule has 0 saturated carbocycles. The van der Waals surface area contributed by atoms with Crippen LogP contribution in [0, 0.1) is 6.92 Å². The summed E-state index contributed by atoms with van der Waals surface area (Å²) in [6.45, 7) is 2.10. The van der Waals surface area contributed by atoms with E-state index in [4.69, 9.17) is 15.0 Å². The molecule has 10 heteroatoms. The number of alkyl carbamates (subject to hydrolysis) is 1. The Morgan fingerprint density at radius 2 is 2.31 bits per heavy atom. The minimum absolute atomic E-state index is 0.252. The Hall–Kier alpha value is -3.66. The van der Waals surface area contributed by atoms with Gasteiger partial charge in [-0.15, -0.1) is 11.3 Å². The molecule has 3 aromatic rings. The van der Waals surface area contributed by atoms with Gasteiger partial charge >= 0.3 is 6.09 Å². The molecule has 4 N–H and O–H groups in total. The molecule has 3 aromatic heterocycles. The number of carbonyl (C=O) groups excluding carboxylic acids is 2. The second-order valence-electron chi connectivity index (χ2n) is 7.40. The standard InChI is InChI=1S/C22H23N5O4S/c1-13-15(12-30-27-13)11-25-22(29)31-16-5-6-17-18(9-16)32-21(20(17)23)26-19(28)7-4-14-3-2-8-24-10-14/h2-4,7-8,10,12,16H,5-6,9,11,23H2,1H3,(H,25,29)(H,26,28)/b7-4+. The fraction of sp³-hybridized carbons (Fsp3) is 0.273. The lowest BCUT2D eigenvalue weighted by Crippen LogP contribution is -2.31. The van der Waals surface area contributed by atoms with Crippen LogP contribution in [0.15, 0.2) is 41.4 Å². The third kappa shape index (κ3) is 5.14. The molecule has 1 aliphatic carbocycles. The molecule has 0 bridgehead atoms. The number of anilines is 2. The molecular weight excluding hydrogens is 430 g/mol. The molecule has 9 nitrogen and oxygen atoms in total. The summed E-state index contributed by atoms with van der Waals surface area (Å²) in [5.74, 6) is -0.268. The van der Waals surface area contributed by atoms with Gasteiger partial charge in [0.2, 0.25) is 5.91 Å². The summed E-state index contributed by atoms with van der Waals surface area (Å²) < 4.78 is 10.4. The van der Waals surface area contributed by atoms with Gasteiger partial charge in [-0.3, -0.25) is 9.78 Å². The number of hydrogen-bond donors (Lipinski definition) is 3. The van der Waals surface area contributed by atoms with E-state index in [9.17, 15) is 9.59 Å². The van der Waals surface area contributed by atoms with Gasteiger partial charge < -0.3 is 25.6 Å². The average molecular weight is 454 g/mol. The first-order valence-corrected chi connectivity index (χ1v) is 10.9. The fourth-order valence-electron chi connectivity index (χ4n) is 3.42. The molecule has 1 aliphatic rings. The Morgan fingerprint density at radius 3 is 3.06 bits per heavy atom. The Kier molecular flexibility index (Phi) is 6.50. The topological polar surface area (TPSA) is 132 Å². The van der Waals surface area contributed by atoms with E-state index in [1.807, 2.05) is 6.07 Å². The van der Waals surface area contributed by atoms with Crippen molar-refractivity contribution in [1.82, 2.24) is 15.5 Å². The predicted octanol–water partition coefficient (Wildman–Crippen LogP) is 3.46. The van der Waals surface area contributed by atoms with E-state index in [1.54, 1.807) is 31.5 Å². The molecular formula is C22H23N5O4S. The number of fused-ring (bicyclic) bond motifs is 1. The highest BCUT2D eigenvalue weighted by molar-refractivity contribution is 7.17. The molecule has 0 radical (unpaired) electrons. The summed E-state index contributed by atoms with van der Waals surface area (Å²) >= 11 is 1.42. The van der Waals surface area contributed by atoms with Gasteiger partial charge in [0.25, 0.3) is 0 Å². The van der Waals surface area contributed by atoms with Crippen molar-refractivity contribution in [3.63, 3.8) is 0 Å². The molecule has 0 aliphatic heterocycles. The van der Waals surface area contributed by atoms with Crippen molar-refractivity contribution in [2.75, 3.05) is 11.1 Å². The molecule has 2 amide bonds. The first-order chi connectivity index (χ1) is 15.5. The molecule has 166 valence electrons. The van der Waals surface area contributed by atoms with Crippen LogP contribution in [0.5, 0.6) is 0 Å². The number of ether oxygens (including phenoxy) is 1. The smallest absolute Gasteiger partial charge is 0.407 e. The maximum Gasteiger partial charge on any atom is 0.407 e. The molecule has 0 fully saturated rings. The van der Waals surface area contributed by atoms with Crippen molar-refractivity contribution in [2.24, 2.45) is 0 Å². The third-order valence-corrected chi connectivity index (χ3v) is 6.34. The van der Waals surface area contributed by atoms with Crippen LogP contribution in [0.2, 0.25) is 0 Å². The zero-order chi connectivity index (χ0) is 22.5. The lowest BCUT2D eigenvalue weighted by Gasteiger charge is -2.22. The second-order valence-corrected chi connectivity index (χ2v) is 8.51. The molecule has 3 heterocycles. The summed E-state index contributed by atoms with van der Waals surface area (Å²) in [6, 6.07) is 3.66. The minimum atomic E-state index is -0.488. The highest BCUT2D eigenvalue weighted by atomic mass is 32.1. The van der Waals surface area contributed by atoms with Crippen LogP contribution in [0.1, 0.15) is 33.7 Å². The molecule has 4 rings (SSSR count). The summed E-state index contributed by atoms with van der Waals surface area (Å²) in [4.78, 5) is 29.5. The monoisotopic (exact) mass is 453 g/mol. The van der Waals surface area contributed by atoms with Crippen molar-refractivity contribution in [2.45, 2.75) is 38.8 Å². The fourth-order valence-corrected chi connectivity index (χ4v) is 4.65. The van der Waals surface area contributed by atoms with Crippen LogP contribution in [0.4, 0.5) is 15.5 Å². The predicted molar refractivity (Wildman–Crippen MR) is 121 cm³/mol. The zero-order valence-corrected chi connectivity index (χ0v) is 18.3. The Balaban J connectivity index is 1.32. The van der Waals surface area contributed by atoms with Crippen LogP contribution < -0.4 is 16.4 Å². The number of hydrogen-bond acceptors (Lipinski definition) is 8. The maximum absolute atomic E-state index is 12.3. The van der Waals surface area contributed by atoms with E-state index in [0.717, 1.165) is 27.3 Å². The normalized spacial score (nSPS) is 15.3. The summed E-state index contributed by atoms with van der Waals surface area (Å²) in [5, 5.41) is 9.96. The number of carbonyl (C=O) groups is 2. The van der Waals surface area contributed by atoms with Crippen molar-refractivity contribution >= 4 is 40.1 Å². The SMILES string of the molecule is Cc1nocc1CNC(=O)OC1CCc2c(sc(NC(=O)/C=C/c3cccnc3)c2N)C1. The Morgan fingerprint density at radius 1 is 1.44 bits per heavy atom. The highest BCUT2D eigenvalue weighted by Gasteiger charge is 2.27. The van der Waals surface area contributed by atoms with Gasteiger partial charge in [0, 0.05) is 35.3 Å². The summed E-state index contributed by atoms with van der Waals surface area (Å²) in [7, 11) is 0. The van der Waals surface area contributed by atoms with E-state index in [-0.39, 0.29) is 12.0 Å². The molecule has 1 unspecified atom stereocenters. The van der Waals surface area contributed by atoms with Crippen molar-refractivity contribution in [3.05, 3.63) is 64.1 Å². The van der Waals surface area contributed by atoms with Gasteiger partial charge in [0.15, 0.2) is 0 Å². The third-order valence-electron chi connectivity index (χ3n) is 5.16. The van der Waals surface area contributed by atoms with Gasteiger partial charge in [-0.05, 0) is 43.0 Å². The molecule has 0 saturated heterocycles. The highest BCUT2D eigenvalue weighted by Crippen LogP contribution is 2.40. The van der Waals surface area contributed by atoms with E-state index < -0.39 is 6.09 Å². The van der Waals surface area contributed by atoms with E-state index in [1.165, 1.54) is 23.7 Å². The number of nitrogens with one attached hydrogen (secondary N) is 2. The Labute approximate surface area is 188 Å². The molecule has 32 heavy (non-hydrogen) atoms. The van der Waals surface area contributed by atoms with E-state index >= 15 is 0 Å². The van der Waals surface area contributed by atoms with Crippen LogP contribution in [0.3, 0.4) is 0 Å². The van der Waals surface area contributed by atoms with E-state index in [0.29, 0.717) is 36.5 Å². The van der Waals surface area contributed by atoms with Gasteiger partial charge in [-0.25, -0.2) is 4.79 Å². The number of aromatic nitrogens is 2. The van der Waals surface area contributed by atoms with Crippen molar-refractivity contribution < 1.29 is 18.8 Å². The first kappa shape index (κ1) is 21.6. The van der Waals surface area contributed by atoms with Crippen molar-refractivity contribution in [1.29, 1.82) is 0 Å². The summed E-state index contributed by atoms with van der Waals surface area (Å²) in [5.41, 5.74) is 10.2. The number of rotatable bonds is 6. The molecule has 1 atom stereocenters. The number of nitrogens with two attached hydrogens (primary N) is 1. The lowest BCUT2D eigenvalue weighted by molar-refractivity contribution is -0.111. The largest absolute Gasteiger partial charge is 0.446 e. The van der Waals surface area contributed by atoms with Crippen LogP contribution in [0.25, 0.3) is 6.08 Å². The van der Waals surface area contributed by atoms with Crippen LogP contribution in [-0.2, 0) is 28.9 Å². The number of nitrogen functional groups attached to an aromatic ring is 1. The summed E-state index contributed by atoms with van der Waals surface area (Å²) in [6.07, 6.45) is 9.15. The average Bonchev–Trinajstić information content (AvgIpc) is 3.34. The Bertz CT molecular complexity index is 1140. The minimum Gasteiger partial charge on any atom is -0.446 e. The van der Waals surface area contributed by atoms with Crippen LogP contribution >= 0.6 is 11.3 Å². The van der Waals surface area contributed by atoms with Crippen molar-refractivity contribution in [3.8, 4) is 0 Å². The number of nitrogens with zero attached hydrogens (tertiary/aromatic N) is 2. The number of pyridine rings is 1. The number of thiophene rings is 1. The molecule has 0 spiro atoms. The molecule has 0 aromatic carbocycles. The number of amides is 2. The van der Waals surface area contributed by atoms with Gasteiger partial charge in [0.05, 0.1) is 17.9 Å². The number of aryl methyl sites for hydroxylation is 1. The second kappa shape index (κ2) is 9.65.